The summed E-state index contributed by atoms with van der Waals surface area (Å²) < 4.78 is 6.53. The topological polar surface area (TPSA) is 21.3 Å². The molecule has 0 spiro atoms. The van der Waals surface area contributed by atoms with E-state index in [1.807, 2.05) is 24.3 Å². The van der Waals surface area contributed by atoms with E-state index in [2.05, 4.69) is 102 Å². The number of ether oxygens (including phenoxy) is 1. The lowest BCUT2D eigenvalue weighted by Crippen LogP contribution is -2.10. The standard InChI is InChI=1S/C33H22ClNO/c34-25-17-15-23(16-18-25)33-35-32-30(29-14-6-10-22-8-2-4-12-27(22)29)19-24(20-31(32)36-33)28-13-5-9-21-7-1-3-11-26(21)28/h1-20,33,35H. The second-order valence-corrected chi connectivity index (χ2v) is 9.58. The van der Waals surface area contributed by atoms with Gasteiger partial charge in [0.1, 0.15) is 5.75 Å². The van der Waals surface area contributed by atoms with Crippen molar-refractivity contribution in [3.05, 3.63) is 132 Å². The number of nitrogens with one attached hydrogen (secondary N) is 1. The maximum absolute atomic E-state index is 6.53. The third kappa shape index (κ3) is 3.50. The minimum absolute atomic E-state index is 0.284. The Balaban J connectivity index is 1.46. The fourth-order valence-corrected chi connectivity index (χ4v) is 5.37. The molecule has 2 nitrogen and oxygen atoms in total. The highest BCUT2D eigenvalue weighted by molar-refractivity contribution is 6.30. The van der Waals surface area contributed by atoms with Gasteiger partial charge in [-0.1, -0.05) is 109 Å². The van der Waals surface area contributed by atoms with Gasteiger partial charge in [0.25, 0.3) is 0 Å². The van der Waals surface area contributed by atoms with Crippen LogP contribution in [0.15, 0.2) is 121 Å². The van der Waals surface area contributed by atoms with Gasteiger partial charge >= 0.3 is 0 Å². The van der Waals surface area contributed by atoms with E-state index >= 15 is 0 Å². The molecule has 1 N–H and O–H groups in total. The Hall–Kier alpha value is -4.27. The fraction of sp³-hybridized carbons (Fsp3) is 0.0303. The molecule has 0 radical (unpaired) electrons. The molecule has 6 aromatic rings. The average molecular weight is 484 g/mol. The minimum Gasteiger partial charge on any atom is -0.464 e. The predicted octanol–water partition coefficient (Wildman–Crippen LogP) is 9.48. The quantitative estimate of drug-likeness (QED) is 0.270. The van der Waals surface area contributed by atoms with E-state index in [-0.39, 0.29) is 6.23 Å². The molecule has 0 saturated carbocycles. The maximum atomic E-state index is 6.53. The number of anilines is 1. The van der Waals surface area contributed by atoms with Gasteiger partial charge in [0.15, 0.2) is 6.23 Å². The number of halogens is 1. The molecule has 0 amide bonds. The first-order valence-electron chi connectivity index (χ1n) is 12.1. The van der Waals surface area contributed by atoms with Crippen molar-refractivity contribution in [2.75, 3.05) is 5.32 Å². The number of hydrogen-bond donors (Lipinski definition) is 1. The molecule has 0 fully saturated rings. The van der Waals surface area contributed by atoms with Crippen LogP contribution < -0.4 is 10.1 Å². The Bertz CT molecular complexity index is 1750. The molecule has 0 aliphatic carbocycles. The molecule has 3 heteroatoms. The Morgan fingerprint density at radius 2 is 1.19 bits per heavy atom. The number of hydrogen-bond acceptors (Lipinski definition) is 2. The van der Waals surface area contributed by atoms with Gasteiger partial charge in [-0.2, -0.15) is 0 Å². The first-order chi connectivity index (χ1) is 17.7. The third-order valence-corrected chi connectivity index (χ3v) is 7.23. The van der Waals surface area contributed by atoms with Crippen LogP contribution in [0.2, 0.25) is 5.02 Å². The molecule has 0 saturated heterocycles. The molecule has 172 valence electrons. The van der Waals surface area contributed by atoms with Gasteiger partial charge in [-0.05, 0) is 62.5 Å². The summed E-state index contributed by atoms with van der Waals surface area (Å²) in [7, 11) is 0. The van der Waals surface area contributed by atoms with Gasteiger partial charge in [0.05, 0.1) is 5.69 Å². The van der Waals surface area contributed by atoms with E-state index in [0.717, 1.165) is 28.1 Å². The van der Waals surface area contributed by atoms with Crippen LogP contribution in [0.5, 0.6) is 5.75 Å². The summed E-state index contributed by atoms with van der Waals surface area (Å²) in [6.45, 7) is 0. The summed E-state index contributed by atoms with van der Waals surface area (Å²) in [4.78, 5) is 0. The van der Waals surface area contributed by atoms with Crippen LogP contribution in [-0.4, -0.2) is 0 Å². The number of benzene rings is 6. The Morgan fingerprint density at radius 1 is 0.583 bits per heavy atom. The summed E-state index contributed by atoms with van der Waals surface area (Å²) >= 11 is 6.14. The van der Waals surface area contributed by atoms with E-state index in [4.69, 9.17) is 16.3 Å². The van der Waals surface area contributed by atoms with Gasteiger partial charge in [-0.25, -0.2) is 0 Å². The van der Waals surface area contributed by atoms with Crippen LogP contribution in [-0.2, 0) is 0 Å². The second-order valence-electron chi connectivity index (χ2n) is 9.14. The molecule has 36 heavy (non-hydrogen) atoms. The molecule has 7 rings (SSSR count). The largest absolute Gasteiger partial charge is 0.464 e. The van der Waals surface area contributed by atoms with E-state index < -0.39 is 0 Å². The minimum atomic E-state index is -0.284. The number of fused-ring (bicyclic) bond motifs is 3. The lowest BCUT2D eigenvalue weighted by Gasteiger charge is -2.14. The van der Waals surface area contributed by atoms with Crippen LogP contribution in [0.25, 0.3) is 43.8 Å². The van der Waals surface area contributed by atoms with Gasteiger partial charge in [-0.15, -0.1) is 0 Å². The fourth-order valence-electron chi connectivity index (χ4n) is 5.24. The third-order valence-electron chi connectivity index (χ3n) is 6.98. The lowest BCUT2D eigenvalue weighted by molar-refractivity contribution is 0.260. The molecule has 1 heterocycles. The normalized spacial score (nSPS) is 14.4. The van der Waals surface area contributed by atoms with Crippen LogP contribution in [0.1, 0.15) is 11.8 Å². The molecule has 1 aliphatic rings. The van der Waals surface area contributed by atoms with E-state index in [9.17, 15) is 0 Å². The summed E-state index contributed by atoms with van der Waals surface area (Å²) in [6, 6.07) is 42.3. The highest BCUT2D eigenvalue weighted by atomic mass is 35.5. The van der Waals surface area contributed by atoms with E-state index in [1.54, 1.807) is 0 Å². The Morgan fingerprint density at radius 3 is 1.92 bits per heavy atom. The molecule has 1 aliphatic heterocycles. The maximum Gasteiger partial charge on any atom is 0.196 e. The van der Waals surface area contributed by atoms with Crippen LogP contribution in [0, 0.1) is 0 Å². The lowest BCUT2D eigenvalue weighted by atomic mass is 9.91. The van der Waals surface area contributed by atoms with Crippen molar-refractivity contribution in [1.29, 1.82) is 0 Å². The van der Waals surface area contributed by atoms with Crippen molar-refractivity contribution in [2.45, 2.75) is 6.23 Å². The van der Waals surface area contributed by atoms with Crippen LogP contribution in [0.4, 0.5) is 5.69 Å². The zero-order chi connectivity index (χ0) is 24.1. The van der Waals surface area contributed by atoms with Crippen LogP contribution >= 0.6 is 11.6 Å². The van der Waals surface area contributed by atoms with Crippen molar-refractivity contribution < 1.29 is 4.74 Å². The highest BCUT2D eigenvalue weighted by Crippen LogP contribution is 2.48. The SMILES string of the molecule is Clc1ccc(C2Nc3c(cc(-c4cccc5ccccc45)cc3-c3cccc4ccccc34)O2)cc1. The van der Waals surface area contributed by atoms with Gasteiger partial charge in [-0.3, -0.25) is 0 Å². The molecule has 6 aromatic carbocycles. The zero-order valence-electron chi connectivity index (χ0n) is 19.4. The molecular weight excluding hydrogens is 462 g/mol. The van der Waals surface area contributed by atoms with Crippen molar-refractivity contribution >= 4 is 38.8 Å². The molecule has 1 unspecified atom stereocenters. The van der Waals surface area contributed by atoms with Crippen molar-refractivity contribution in [3.63, 3.8) is 0 Å². The highest BCUT2D eigenvalue weighted by Gasteiger charge is 2.28. The van der Waals surface area contributed by atoms with Crippen LogP contribution in [0.3, 0.4) is 0 Å². The van der Waals surface area contributed by atoms with Crippen molar-refractivity contribution in [3.8, 4) is 28.0 Å². The van der Waals surface area contributed by atoms with Crippen molar-refractivity contribution in [2.24, 2.45) is 0 Å². The first-order valence-corrected chi connectivity index (χ1v) is 12.5. The average Bonchev–Trinajstić information content (AvgIpc) is 3.37. The first kappa shape index (κ1) is 21.0. The van der Waals surface area contributed by atoms with Gasteiger partial charge in [0, 0.05) is 16.1 Å². The predicted molar refractivity (Wildman–Crippen MR) is 151 cm³/mol. The Kier molecular flexibility index (Phi) is 4.93. The zero-order valence-corrected chi connectivity index (χ0v) is 20.2. The second kappa shape index (κ2) is 8.44. The van der Waals surface area contributed by atoms with Crippen molar-refractivity contribution in [1.82, 2.24) is 0 Å². The monoisotopic (exact) mass is 483 g/mol. The van der Waals surface area contributed by atoms with E-state index in [1.165, 1.54) is 32.7 Å². The molecule has 0 aromatic heterocycles. The smallest absolute Gasteiger partial charge is 0.196 e. The molecule has 1 atom stereocenters. The van der Waals surface area contributed by atoms with E-state index in [0.29, 0.717) is 5.02 Å². The molecular formula is C33H22ClNO. The molecule has 0 bridgehead atoms. The Labute approximate surface area is 214 Å². The summed E-state index contributed by atoms with van der Waals surface area (Å²) in [6.07, 6.45) is -0.284. The van der Waals surface area contributed by atoms with Gasteiger partial charge in [0.2, 0.25) is 0 Å². The number of rotatable bonds is 3. The summed E-state index contributed by atoms with van der Waals surface area (Å²) in [5, 5.41) is 9.24. The van der Waals surface area contributed by atoms with Gasteiger partial charge < -0.3 is 10.1 Å². The summed E-state index contributed by atoms with van der Waals surface area (Å²) in [5.74, 6) is 0.850. The summed E-state index contributed by atoms with van der Waals surface area (Å²) in [5.41, 5.74) is 6.67.